The van der Waals surface area contributed by atoms with Crippen LogP contribution in [0.4, 0.5) is 0 Å². The molecule has 0 heterocycles. The standard InChI is InChI=1S/C15H24BrNO3/c1-3-15(2,8-9-18)17-10-13(19)11-20-14-6-4-12(16)5-7-14/h4-7,13,17-19H,3,8-11H2,1-2H3. The van der Waals surface area contributed by atoms with Crippen molar-refractivity contribution >= 4 is 15.9 Å². The third-order valence-electron chi connectivity index (χ3n) is 3.46. The van der Waals surface area contributed by atoms with Crippen LogP contribution < -0.4 is 10.1 Å². The van der Waals surface area contributed by atoms with Crippen LogP contribution in [-0.4, -0.2) is 41.6 Å². The average molecular weight is 346 g/mol. The lowest BCUT2D eigenvalue weighted by molar-refractivity contribution is 0.0934. The van der Waals surface area contributed by atoms with Crippen LogP contribution in [0.2, 0.25) is 0 Å². The first-order valence-electron chi connectivity index (χ1n) is 6.91. The number of rotatable bonds is 9. The molecule has 0 saturated carbocycles. The van der Waals surface area contributed by atoms with Crippen LogP contribution in [0.25, 0.3) is 0 Å². The number of halogens is 1. The lowest BCUT2D eigenvalue weighted by atomic mass is 9.95. The number of hydrogen-bond donors (Lipinski definition) is 3. The molecule has 0 radical (unpaired) electrons. The molecule has 0 amide bonds. The number of aliphatic hydroxyl groups excluding tert-OH is 2. The molecule has 2 unspecified atom stereocenters. The van der Waals surface area contributed by atoms with Crippen molar-refractivity contribution in [2.75, 3.05) is 19.8 Å². The van der Waals surface area contributed by atoms with E-state index >= 15 is 0 Å². The summed E-state index contributed by atoms with van der Waals surface area (Å²) in [7, 11) is 0. The Morgan fingerprint density at radius 3 is 2.55 bits per heavy atom. The maximum atomic E-state index is 9.93. The van der Waals surface area contributed by atoms with E-state index in [1.165, 1.54) is 0 Å². The number of β-amino-alcohol motifs (C(OH)–C–C–N with tert-alkyl or cyclic N) is 1. The second-order valence-electron chi connectivity index (χ2n) is 5.19. The SMILES string of the molecule is CCC(C)(CCO)NCC(O)COc1ccc(Br)cc1. The van der Waals surface area contributed by atoms with Crippen molar-refractivity contribution in [2.24, 2.45) is 0 Å². The Hall–Kier alpha value is -0.620. The molecule has 1 rings (SSSR count). The highest BCUT2D eigenvalue weighted by Crippen LogP contribution is 2.16. The Balaban J connectivity index is 2.32. The zero-order chi connectivity index (χ0) is 15.0. The van der Waals surface area contributed by atoms with Crippen molar-refractivity contribution in [2.45, 2.75) is 38.3 Å². The van der Waals surface area contributed by atoms with Gasteiger partial charge in [0.15, 0.2) is 0 Å². The highest BCUT2D eigenvalue weighted by Gasteiger charge is 2.21. The van der Waals surface area contributed by atoms with Crippen LogP contribution in [0.3, 0.4) is 0 Å². The summed E-state index contributed by atoms with van der Waals surface area (Å²) in [4.78, 5) is 0. The van der Waals surface area contributed by atoms with E-state index in [-0.39, 0.29) is 18.8 Å². The summed E-state index contributed by atoms with van der Waals surface area (Å²) < 4.78 is 6.52. The molecule has 0 spiro atoms. The molecule has 0 aliphatic rings. The van der Waals surface area contributed by atoms with Gasteiger partial charge in [-0.25, -0.2) is 0 Å². The minimum atomic E-state index is -0.580. The molecule has 0 saturated heterocycles. The van der Waals surface area contributed by atoms with Gasteiger partial charge in [-0.2, -0.15) is 0 Å². The Labute approximate surface area is 129 Å². The summed E-state index contributed by atoms with van der Waals surface area (Å²) in [6, 6.07) is 7.50. The van der Waals surface area contributed by atoms with E-state index in [0.29, 0.717) is 13.0 Å². The smallest absolute Gasteiger partial charge is 0.119 e. The van der Waals surface area contributed by atoms with Crippen LogP contribution in [-0.2, 0) is 0 Å². The minimum absolute atomic E-state index is 0.142. The second-order valence-corrected chi connectivity index (χ2v) is 6.10. The Kier molecular flexibility index (Phi) is 7.51. The van der Waals surface area contributed by atoms with Crippen molar-refractivity contribution in [3.05, 3.63) is 28.7 Å². The summed E-state index contributed by atoms with van der Waals surface area (Å²) in [5, 5.41) is 22.3. The fourth-order valence-corrected chi connectivity index (χ4v) is 2.05. The first-order chi connectivity index (χ1) is 9.49. The van der Waals surface area contributed by atoms with E-state index in [9.17, 15) is 5.11 Å². The van der Waals surface area contributed by atoms with Gasteiger partial charge in [-0.05, 0) is 44.0 Å². The van der Waals surface area contributed by atoms with E-state index in [2.05, 4.69) is 28.2 Å². The van der Waals surface area contributed by atoms with E-state index in [0.717, 1.165) is 16.6 Å². The summed E-state index contributed by atoms with van der Waals surface area (Å²) in [6.45, 7) is 4.94. The van der Waals surface area contributed by atoms with Gasteiger partial charge in [0.05, 0.1) is 0 Å². The molecule has 0 aliphatic heterocycles. The summed E-state index contributed by atoms with van der Waals surface area (Å²) in [5.41, 5.74) is -0.145. The van der Waals surface area contributed by atoms with E-state index < -0.39 is 6.10 Å². The van der Waals surface area contributed by atoms with Crippen molar-refractivity contribution in [1.82, 2.24) is 5.32 Å². The van der Waals surface area contributed by atoms with Crippen LogP contribution in [0, 0.1) is 0 Å². The van der Waals surface area contributed by atoms with Crippen LogP contribution >= 0.6 is 15.9 Å². The zero-order valence-electron chi connectivity index (χ0n) is 12.1. The van der Waals surface area contributed by atoms with E-state index in [1.807, 2.05) is 31.2 Å². The molecule has 20 heavy (non-hydrogen) atoms. The number of benzene rings is 1. The molecule has 0 aliphatic carbocycles. The van der Waals surface area contributed by atoms with Crippen LogP contribution in [0.1, 0.15) is 26.7 Å². The topological polar surface area (TPSA) is 61.7 Å². The first-order valence-corrected chi connectivity index (χ1v) is 7.70. The maximum absolute atomic E-state index is 9.93. The molecule has 1 aromatic carbocycles. The van der Waals surface area contributed by atoms with Gasteiger partial charge in [0, 0.05) is 23.2 Å². The fraction of sp³-hybridized carbons (Fsp3) is 0.600. The molecule has 5 heteroatoms. The van der Waals surface area contributed by atoms with Crippen molar-refractivity contribution in [3.8, 4) is 5.75 Å². The molecule has 0 bridgehead atoms. The monoisotopic (exact) mass is 345 g/mol. The predicted octanol–water partition coefficient (Wildman–Crippen LogP) is 2.33. The molecule has 0 fully saturated rings. The van der Waals surface area contributed by atoms with Crippen molar-refractivity contribution < 1.29 is 14.9 Å². The van der Waals surface area contributed by atoms with Gasteiger partial charge in [0.1, 0.15) is 18.5 Å². The fourth-order valence-electron chi connectivity index (χ4n) is 1.78. The van der Waals surface area contributed by atoms with Gasteiger partial charge < -0.3 is 20.3 Å². The first kappa shape index (κ1) is 17.4. The van der Waals surface area contributed by atoms with Crippen LogP contribution in [0.5, 0.6) is 5.75 Å². The molecule has 0 aromatic heterocycles. The molecular formula is C15H24BrNO3. The lowest BCUT2D eigenvalue weighted by Crippen LogP contribution is -2.47. The van der Waals surface area contributed by atoms with Crippen molar-refractivity contribution in [3.63, 3.8) is 0 Å². The van der Waals surface area contributed by atoms with Gasteiger partial charge in [0.2, 0.25) is 0 Å². The second kappa shape index (κ2) is 8.62. The minimum Gasteiger partial charge on any atom is -0.491 e. The molecule has 1 aromatic rings. The average Bonchev–Trinajstić information content (AvgIpc) is 2.45. The van der Waals surface area contributed by atoms with Gasteiger partial charge >= 0.3 is 0 Å². The molecule has 3 N–H and O–H groups in total. The molecule has 4 nitrogen and oxygen atoms in total. The summed E-state index contributed by atoms with van der Waals surface area (Å²) >= 11 is 3.36. The zero-order valence-corrected chi connectivity index (χ0v) is 13.7. The van der Waals surface area contributed by atoms with E-state index in [1.54, 1.807) is 0 Å². The number of hydrogen-bond acceptors (Lipinski definition) is 4. The number of aliphatic hydroxyl groups is 2. The Bertz CT molecular complexity index is 385. The maximum Gasteiger partial charge on any atom is 0.119 e. The highest BCUT2D eigenvalue weighted by molar-refractivity contribution is 9.10. The Morgan fingerprint density at radius 1 is 1.35 bits per heavy atom. The Morgan fingerprint density at radius 2 is 2.00 bits per heavy atom. The predicted molar refractivity (Wildman–Crippen MR) is 84.0 cm³/mol. The quantitative estimate of drug-likeness (QED) is 0.642. The third-order valence-corrected chi connectivity index (χ3v) is 3.99. The van der Waals surface area contributed by atoms with Gasteiger partial charge in [-0.3, -0.25) is 0 Å². The number of nitrogens with one attached hydrogen (secondary N) is 1. The normalized spacial score (nSPS) is 15.7. The third kappa shape index (κ3) is 6.22. The summed E-state index contributed by atoms with van der Waals surface area (Å²) in [6.07, 6.45) is 0.987. The number of ether oxygens (including phenoxy) is 1. The van der Waals surface area contributed by atoms with Gasteiger partial charge in [-0.1, -0.05) is 22.9 Å². The highest BCUT2D eigenvalue weighted by atomic mass is 79.9. The largest absolute Gasteiger partial charge is 0.491 e. The molecule has 114 valence electrons. The van der Waals surface area contributed by atoms with E-state index in [4.69, 9.17) is 9.84 Å². The van der Waals surface area contributed by atoms with Gasteiger partial charge in [0.25, 0.3) is 0 Å². The van der Waals surface area contributed by atoms with Gasteiger partial charge in [-0.15, -0.1) is 0 Å². The van der Waals surface area contributed by atoms with Crippen LogP contribution in [0.15, 0.2) is 28.7 Å². The summed E-state index contributed by atoms with van der Waals surface area (Å²) in [5.74, 6) is 0.737. The van der Waals surface area contributed by atoms with Crippen molar-refractivity contribution in [1.29, 1.82) is 0 Å². The lowest BCUT2D eigenvalue weighted by Gasteiger charge is -2.30. The molecular weight excluding hydrogens is 322 g/mol. The molecule has 2 atom stereocenters.